The molecule has 9 heteroatoms. The van der Waals surface area contributed by atoms with Crippen molar-refractivity contribution in [3.63, 3.8) is 0 Å². The second-order valence-corrected chi connectivity index (χ2v) is 7.64. The molecular weight excluding hydrogens is 396 g/mol. The van der Waals surface area contributed by atoms with Gasteiger partial charge in [0.05, 0.1) is 11.6 Å². The summed E-state index contributed by atoms with van der Waals surface area (Å²) in [4.78, 5) is 18.0. The number of ether oxygens (including phenoxy) is 1. The number of benzene rings is 1. The predicted molar refractivity (Wildman–Crippen MR) is 103 cm³/mol. The van der Waals surface area contributed by atoms with E-state index in [1.54, 1.807) is 11.3 Å². The molecule has 2 aromatic rings. The van der Waals surface area contributed by atoms with E-state index in [0.717, 1.165) is 32.7 Å². The van der Waals surface area contributed by atoms with Gasteiger partial charge in [-0.1, -0.05) is 17.7 Å². The lowest BCUT2D eigenvalue weighted by molar-refractivity contribution is -0.117. The number of rotatable bonds is 7. The van der Waals surface area contributed by atoms with Gasteiger partial charge in [-0.05, 0) is 29.6 Å². The minimum Gasteiger partial charge on any atom is -0.433 e. The van der Waals surface area contributed by atoms with Crippen molar-refractivity contribution in [2.75, 3.05) is 38.0 Å². The highest BCUT2D eigenvalue weighted by Gasteiger charge is 2.19. The third-order valence-corrected chi connectivity index (χ3v) is 5.38. The number of hydrogen-bond donors (Lipinski definition) is 1. The van der Waals surface area contributed by atoms with Gasteiger partial charge in [-0.2, -0.15) is 8.78 Å². The molecule has 1 aromatic heterocycles. The largest absolute Gasteiger partial charge is 0.433 e. The average Bonchev–Trinajstić information content (AvgIpc) is 3.12. The van der Waals surface area contributed by atoms with Crippen LogP contribution in [0.5, 0.6) is 5.75 Å². The normalized spacial score (nSPS) is 15.9. The zero-order chi connectivity index (χ0) is 19.2. The van der Waals surface area contributed by atoms with Crippen molar-refractivity contribution in [3.05, 3.63) is 45.6 Å². The summed E-state index contributed by atoms with van der Waals surface area (Å²) < 4.78 is 28.8. The van der Waals surface area contributed by atoms with Crippen LogP contribution < -0.4 is 10.1 Å². The van der Waals surface area contributed by atoms with Gasteiger partial charge in [-0.3, -0.25) is 14.6 Å². The second kappa shape index (κ2) is 9.45. The van der Waals surface area contributed by atoms with Gasteiger partial charge in [0.1, 0.15) is 5.75 Å². The van der Waals surface area contributed by atoms with E-state index >= 15 is 0 Å². The summed E-state index contributed by atoms with van der Waals surface area (Å²) in [6.07, 6.45) is 0. The van der Waals surface area contributed by atoms with Crippen LogP contribution in [0.3, 0.4) is 0 Å². The number of piperazine rings is 1. The molecule has 1 saturated heterocycles. The number of nitrogens with zero attached hydrogens (tertiary/aromatic N) is 2. The van der Waals surface area contributed by atoms with Crippen molar-refractivity contribution in [2.24, 2.45) is 0 Å². The molecule has 1 aliphatic rings. The van der Waals surface area contributed by atoms with Crippen molar-refractivity contribution in [3.8, 4) is 5.75 Å². The van der Waals surface area contributed by atoms with Gasteiger partial charge in [-0.15, -0.1) is 11.3 Å². The van der Waals surface area contributed by atoms with Crippen molar-refractivity contribution in [1.82, 2.24) is 9.80 Å². The molecule has 0 unspecified atom stereocenters. The van der Waals surface area contributed by atoms with Crippen LogP contribution in [0.1, 0.15) is 4.88 Å². The lowest BCUT2D eigenvalue weighted by Gasteiger charge is -2.34. The monoisotopic (exact) mass is 415 g/mol. The van der Waals surface area contributed by atoms with Crippen LogP contribution in [-0.2, 0) is 11.3 Å². The summed E-state index contributed by atoms with van der Waals surface area (Å²) in [5.41, 5.74) is 0.447. The third-order valence-electron chi connectivity index (χ3n) is 4.22. The summed E-state index contributed by atoms with van der Waals surface area (Å²) in [5.74, 6) is -0.285. The highest BCUT2D eigenvalue weighted by Crippen LogP contribution is 2.28. The standard InChI is InChI=1S/C18H20ClF2N3O2S/c19-15-10-13(3-4-16(15)26-18(20)21)22-17(25)12-24-7-5-23(6-8-24)11-14-2-1-9-27-14/h1-4,9-10,18H,5-8,11-12H2,(H,22,25). The van der Waals surface area contributed by atoms with Crippen LogP contribution in [0.15, 0.2) is 35.7 Å². The number of amides is 1. The number of nitrogens with one attached hydrogen (secondary N) is 1. The Balaban J connectivity index is 1.44. The molecule has 0 atom stereocenters. The van der Waals surface area contributed by atoms with Crippen molar-refractivity contribution in [1.29, 1.82) is 0 Å². The first-order valence-corrected chi connectivity index (χ1v) is 9.76. The minimum atomic E-state index is -2.94. The van der Waals surface area contributed by atoms with E-state index in [4.69, 9.17) is 11.6 Å². The minimum absolute atomic E-state index is 0.0234. The zero-order valence-corrected chi connectivity index (χ0v) is 16.1. The maximum atomic E-state index is 12.2. The van der Waals surface area contributed by atoms with Crippen LogP contribution in [0.2, 0.25) is 5.02 Å². The van der Waals surface area contributed by atoms with Gasteiger partial charge in [0.2, 0.25) is 5.91 Å². The van der Waals surface area contributed by atoms with Crippen molar-refractivity contribution >= 4 is 34.5 Å². The Hall–Kier alpha value is -1.74. The summed E-state index contributed by atoms with van der Waals surface area (Å²) in [5, 5.41) is 4.84. The topological polar surface area (TPSA) is 44.8 Å². The third kappa shape index (κ3) is 6.14. The van der Waals surface area contributed by atoms with Gasteiger partial charge in [0.25, 0.3) is 0 Å². The van der Waals surface area contributed by atoms with Crippen LogP contribution >= 0.6 is 22.9 Å². The maximum absolute atomic E-state index is 12.2. The Labute approximate surface area is 165 Å². The first kappa shape index (κ1) is 20.0. The number of anilines is 1. The average molecular weight is 416 g/mol. The van der Waals surface area contributed by atoms with Crippen LogP contribution in [-0.4, -0.2) is 55.0 Å². The molecule has 1 aliphatic heterocycles. The Bertz CT molecular complexity index is 753. The van der Waals surface area contributed by atoms with Gasteiger partial charge >= 0.3 is 6.61 Å². The van der Waals surface area contributed by atoms with E-state index in [2.05, 4.69) is 37.4 Å². The van der Waals surface area contributed by atoms with E-state index < -0.39 is 6.61 Å². The molecule has 1 N–H and O–H groups in total. The Morgan fingerprint density at radius 2 is 1.96 bits per heavy atom. The fourth-order valence-electron chi connectivity index (χ4n) is 2.90. The van der Waals surface area contributed by atoms with E-state index in [9.17, 15) is 13.6 Å². The SMILES string of the molecule is O=C(CN1CCN(Cc2cccs2)CC1)Nc1ccc(OC(F)F)c(Cl)c1. The van der Waals surface area contributed by atoms with Crippen molar-refractivity contribution < 1.29 is 18.3 Å². The molecule has 1 fully saturated rings. The fourth-order valence-corrected chi connectivity index (χ4v) is 3.87. The number of halogens is 3. The van der Waals surface area contributed by atoms with E-state index in [1.807, 2.05) is 0 Å². The molecule has 27 heavy (non-hydrogen) atoms. The van der Waals surface area contributed by atoms with Gasteiger partial charge < -0.3 is 10.1 Å². The molecule has 0 aliphatic carbocycles. The van der Waals surface area contributed by atoms with E-state index in [0.29, 0.717) is 5.69 Å². The Morgan fingerprint density at radius 3 is 2.59 bits per heavy atom. The number of carbonyl (C=O) groups is 1. The molecule has 146 valence electrons. The highest BCUT2D eigenvalue weighted by atomic mass is 35.5. The highest BCUT2D eigenvalue weighted by molar-refractivity contribution is 7.09. The van der Waals surface area contributed by atoms with Crippen LogP contribution in [0.25, 0.3) is 0 Å². The van der Waals surface area contributed by atoms with E-state index in [-0.39, 0.29) is 23.2 Å². The smallest absolute Gasteiger partial charge is 0.387 e. The van der Waals surface area contributed by atoms with E-state index in [1.165, 1.54) is 23.1 Å². The van der Waals surface area contributed by atoms with Gasteiger partial charge in [-0.25, -0.2) is 0 Å². The molecule has 3 rings (SSSR count). The molecular formula is C18H20ClF2N3O2S. The Morgan fingerprint density at radius 1 is 1.22 bits per heavy atom. The molecule has 1 aromatic carbocycles. The quantitative estimate of drug-likeness (QED) is 0.747. The molecule has 0 spiro atoms. The number of hydrogen-bond acceptors (Lipinski definition) is 5. The lowest BCUT2D eigenvalue weighted by Crippen LogP contribution is -2.48. The number of carbonyl (C=O) groups excluding carboxylic acids is 1. The molecule has 0 radical (unpaired) electrons. The van der Waals surface area contributed by atoms with Gasteiger partial charge in [0, 0.05) is 43.3 Å². The first-order valence-electron chi connectivity index (χ1n) is 8.51. The maximum Gasteiger partial charge on any atom is 0.387 e. The molecule has 2 heterocycles. The number of alkyl halides is 2. The predicted octanol–water partition coefficient (Wildman–Crippen LogP) is 3.76. The fraction of sp³-hybridized carbons (Fsp3) is 0.389. The number of thiophene rings is 1. The van der Waals surface area contributed by atoms with Gasteiger partial charge in [0.15, 0.2) is 0 Å². The molecule has 1 amide bonds. The summed E-state index contributed by atoms with van der Waals surface area (Å²) in [6, 6.07) is 8.39. The van der Waals surface area contributed by atoms with Crippen LogP contribution in [0.4, 0.5) is 14.5 Å². The molecule has 5 nitrogen and oxygen atoms in total. The second-order valence-electron chi connectivity index (χ2n) is 6.20. The summed E-state index contributed by atoms with van der Waals surface area (Å²) in [6.45, 7) is 1.75. The lowest BCUT2D eigenvalue weighted by atomic mass is 10.2. The molecule has 0 saturated carbocycles. The van der Waals surface area contributed by atoms with Crippen molar-refractivity contribution in [2.45, 2.75) is 13.2 Å². The Kier molecular flexibility index (Phi) is 7.01. The summed E-state index contributed by atoms with van der Waals surface area (Å²) >= 11 is 7.65. The first-order chi connectivity index (χ1) is 13.0. The zero-order valence-electron chi connectivity index (χ0n) is 14.5. The van der Waals surface area contributed by atoms with Crippen LogP contribution in [0, 0.1) is 0 Å². The summed E-state index contributed by atoms with van der Waals surface area (Å²) in [7, 11) is 0. The molecule has 0 bridgehead atoms.